The number of hydrogen-bond donors (Lipinski definition) is 2. The van der Waals surface area contributed by atoms with Gasteiger partial charge < -0.3 is 10.6 Å². The molecule has 1 aliphatic carbocycles. The molecule has 1 heterocycles. The van der Waals surface area contributed by atoms with Crippen LogP contribution in [-0.4, -0.2) is 26.8 Å². The third-order valence-electron chi connectivity index (χ3n) is 6.24. The van der Waals surface area contributed by atoms with Crippen molar-refractivity contribution in [3.63, 3.8) is 0 Å². The third-order valence-corrected chi connectivity index (χ3v) is 7.22. The number of thioether (sulfide) groups is 1. The van der Waals surface area contributed by atoms with E-state index >= 15 is 0 Å². The molecular formula is C26H33N5OS. The highest BCUT2D eigenvalue weighted by Crippen LogP contribution is 2.28. The number of aromatic nitrogens is 3. The molecule has 6 nitrogen and oxygen atoms in total. The Bertz CT molecular complexity index is 1070. The highest BCUT2D eigenvalue weighted by molar-refractivity contribution is 7.98. The molecule has 0 saturated heterocycles. The Labute approximate surface area is 200 Å². The van der Waals surface area contributed by atoms with Crippen molar-refractivity contribution in [2.45, 2.75) is 75.9 Å². The number of rotatable bonds is 7. The number of nitrogens with zero attached hydrogens (tertiary/aromatic N) is 3. The molecule has 4 rings (SSSR count). The van der Waals surface area contributed by atoms with Crippen LogP contribution in [0.1, 0.15) is 67.6 Å². The maximum atomic E-state index is 12.7. The third kappa shape index (κ3) is 5.96. The van der Waals surface area contributed by atoms with E-state index in [1.54, 1.807) is 11.8 Å². The number of amides is 2. The van der Waals surface area contributed by atoms with Crippen LogP contribution in [0.3, 0.4) is 0 Å². The topological polar surface area (TPSA) is 71.8 Å². The molecular weight excluding hydrogens is 430 g/mol. The lowest BCUT2D eigenvalue weighted by atomic mass is 9.96. The Kier molecular flexibility index (Phi) is 7.70. The summed E-state index contributed by atoms with van der Waals surface area (Å²) in [6.45, 7) is 6.17. The summed E-state index contributed by atoms with van der Waals surface area (Å²) in [4.78, 5) is 12.7. The number of urea groups is 1. The van der Waals surface area contributed by atoms with Crippen molar-refractivity contribution in [3.8, 4) is 5.69 Å². The molecule has 2 N–H and O–H groups in total. The minimum absolute atomic E-state index is 0.137. The first-order valence-electron chi connectivity index (χ1n) is 11.8. The first-order chi connectivity index (χ1) is 16.0. The predicted octanol–water partition coefficient (Wildman–Crippen LogP) is 5.87. The van der Waals surface area contributed by atoms with Crippen LogP contribution in [0.2, 0.25) is 0 Å². The molecule has 1 fully saturated rings. The SMILES string of the molecule is Cc1ccc(-n2c(SCc3ccccc3C)nnc2C(C)NC(=O)NC2CCCCC2)cc1. The van der Waals surface area contributed by atoms with Crippen LogP contribution in [0.25, 0.3) is 5.69 Å². The summed E-state index contributed by atoms with van der Waals surface area (Å²) < 4.78 is 2.06. The van der Waals surface area contributed by atoms with E-state index in [1.165, 1.54) is 36.0 Å². The summed E-state index contributed by atoms with van der Waals surface area (Å²) in [5.74, 6) is 1.53. The number of benzene rings is 2. The van der Waals surface area contributed by atoms with Gasteiger partial charge in [-0.1, -0.05) is 73.0 Å². The van der Waals surface area contributed by atoms with Gasteiger partial charge in [0, 0.05) is 17.5 Å². The lowest BCUT2D eigenvalue weighted by molar-refractivity contribution is 0.229. The number of nitrogens with one attached hydrogen (secondary N) is 2. The fourth-order valence-corrected chi connectivity index (χ4v) is 5.28. The van der Waals surface area contributed by atoms with Gasteiger partial charge >= 0.3 is 6.03 Å². The van der Waals surface area contributed by atoms with E-state index in [2.05, 4.69) is 87.8 Å². The summed E-state index contributed by atoms with van der Waals surface area (Å²) in [7, 11) is 0. The van der Waals surface area contributed by atoms with Gasteiger partial charge in [0.15, 0.2) is 11.0 Å². The second kappa shape index (κ2) is 10.9. The van der Waals surface area contributed by atoms with Crippen molar-refractivity contribution in [1.82, 2.24) is 25.4 Å². The lowest BCUT2D eigenvalue weighted by Crippen LogP contribution is -2.44. The lowest BCUT2D eigenvalue weighted by Gasteiger charge is -2.24. The smallest absolute Gasteiger partial charge is 0.315 e. The molecule has 1 atom stereocenters. The van der Waals surface area contributed by atoms with Gasteiger partial charge in [-0.2, -0.15) is 0 Å². The molecule has 3 aromatic rings. The molecule has 1 aliphatic rings. The number of hydrogen-bond acceptors (Lipinski definition) is 4. The number of carbonyl (C=O) groups excluding carboxylic acids is 1. The van der Waals surface area contributed by atoms with Crippen molar-refractivity contribution >= 4 is 17.8 Å². The van der Waals surface area contributed by atoms with Crippen LogP contribution in [-0.2, 0) is 5.75 Å². The van der Waals surface area contributed by atoms with E-state index in [9.17, 15) is 4.79 Å². The van der Waals surface area contributed by atoms with Gasteiger partial charge in [0.25, 0.3) is 0 Å². The van der Waals surface area contributed by atoms with Gasteiger partial charge in [0.1, 0.15) is 0 Å². The van der Waals surface area contributed by atoms with E-state index in [0.717, 1.165) is 35.3 Å². The van der Waals surface area contributed by atoms with Crippen molar-refractivity contribution in [3.05, 3.63) is 71.0 Å². The Hall–Kier alpha value is -2.80. The Morgan fingerprint density at radius 2 is 1.79 bits per heavy atom. The standard InChI is InChI=1S/C26H33N5OS/c1-18-13-15-23(16-14-18)31-24(20(3)27-25(32)28-22-11-5-4-6-12-22)29-30-26(31)33-17-21-10-8-7-9-19(21)2/h7-10,13-16,20,22H,4-6,11-12,17H2,1-3H3,(H2,27,28,32). The molecule has 7 heteroatoms. The minimum Gasteiger partial charge on any atom is -0.335 e. The highest BCUT2D eigenvalue weighted by Gasteiger charge is 2.23. The zero-order valence-electron chi connectivity index (χ0n) is 19.7. The van der Waals surface area contributed by atoms with Gasteiger partial charge in [-0.25, -0.2) is 4.79 Å². The van der Waals surface area contributed by atoms with Crippen molar-refractivity contribution in [2.24, 2.45) is 0 Å². The van der Waals surface area contributed by atoms with Gasteiger partial charge in [-0.05, 0) is 56.9 Å². The first kappa shape index (κ1) is 23.4. The van der Waals surface area contributed by atoms with Crippen LogP contribution in [0.4, 0.5) is 4.79 Å². The van der Waals surface area contributed by atoms with E-state index in [4.69, 9.17) is 0 Å². The molecule has 0 radical (unpaired) electrons. The normalized spacial score (nSPS) is 15.2. The molecule has 0 spiro atoms. The molecule has 1 saturated carbocycles. The molecule has 0 aliphatic heterocycles. The molecule has 33 heavy (non-hydrogen) atoms. The molecule has 2 aromatic carbocycles. The maximum absolute atomic E-state index is 12.7. The molecule has 1 aromatic heterocycles. The monoisotopic (exact) mass is 463 g/mol. The van der Waals surface area contributed by atoms with Crippen molar-refractivity contribution < 1.29 is 4.79 Å². The first-order valence-corrected chi connectivity index (χ1v) is 12.8. The number of aryl methyl sites for hydroxylation is 2. The van der Waals surface area contributed by atoms with Crippen LogP contribution >= 0.6 is 11.8 Å². The average Bonchev–Trinajstić information content (AvgIpc) is 3.24. The molecule has 0 bridgehead atoms. The summed E-state index contributed by atoms with van der Waals surface area (Å²) in [6, 6.07) is 16.6. The summed E-state index contributed by atoms with van der Waals surface area (Å²) in [5.41, 5.74) is 4.73. The Morgan fingerprint density at radius 1 is 1.06 bits per heavy atom. The predicted molar refractivity (Wildman–Crippen MR) is 134 cm³/mol. The van der Waals surface area contributed by atoms with Crippen LogP contribution in [0, 0.1) is 13.8 Å². The second-order valence-electron chi connectivity index (χ2n) is 8.90. The van der Waals surface area contributed by atoms with Gasteiger partial charge in [-0.15, -0.1) is 10.2 Å². The van der Waals surface area contributed by atoms with Crippen molar-refractivity contribution in [1.29, 1.82) is 0 Å². The van der Waals surface area contributed by atoms with Crippen LogP contribution in [0.5, 0.6) is 0 Å². The van der Waals surface area contributed by atoms with Crippen LogP contribution in [0.15, 0.2) is 53.7 Å². The maximum Gasteiger partial charge on any atom is 0.315 e. The largest absolute Gasteiger partial charge is 0.335 e. The second-order valence-corrected chi connectivity index (χ2v) is 9.84. The van der Waals surface area contributed by atoms with E-state index in [1.807, 2.05) is 6.92 Å². The Morgan fingerprint density at radius 3 is 2.52 bits per heavy atom. The van der Waals surface area contributed by atoms with Gasteiger partial charge in [0.2, 0.25) is 0 Å². The fourth-order valence-electron chi connectivity index (χ4n) is 4.24. The number of carbonyl (C=O) groups is 1. The Balaban J connectivity index is 1.54. The fraction of sp³-hybridized carbons (Fsp3) is 0.423. The average molecular weight is 464 g/mol. The molecule has 174 valence electrons. The molecule has 2 amide bonds. The van der Waals surface area contributed by atoms with E-state index < -0.39 is 0 Å². The minimum atomic E-state index is -0.282. The van der Waals surface area contributed by atoms with E-state index in [0.29, 0.717) is 0 Å². The highest BCUT2D eigenvalue weighted by atomic mass is 32.2. The van der Waals surface area contributed by atoms with Crippen LogP contribution < -0.4 is 10.6 Å². The zero-order valence-corrected chi connectivity index (χ0v) is 20.5. The van der Waals surface area contributed by atoms with Gasteiger partial charge in [-0.3, -0.25) is 4.57 Å². The molecule has 1 unspecified atom stereocenters. The summed E-state index contributed by atoms with van der Waals surface area (Å²) in [5, 5.41) is 16.0. The van der Waals surface area contributed by atoms with E-state index in [-0.39, 0.29) is 18.1 Å². The van der Waals surface area contributed by atoms with Crippen molar-refractivity contribution in [2.75, 3.05) is 0 Å². The summed E-state index contributed by atoms with van der Waals surface area (Å²) >= 11 is 1.66. The quantitative estimate of drug-likeness (QED) is 0.430. The van der Waals surface area contributed by atoms with Gasteiger partial charge in [0.05, 0.1) is 6.04 Å². The zero-order chi connectivity index (χ0) is 23.2. The summed E-state index contributed by atoms with van der Waals surface area (Å²) in [6.07, 6.45) is 5.74.